The van der Waals surface area contributed by atoms with Crippen LogP contribution in [0.4, 0.5) is 0 Å². The van der Waals surface area contributed by atoms with Crippen molar-refractivity contribution in [3.8, 4) is 0 Å². The molecule has 17 heavy (non-hydrogen) atoms. The quantitative estimate of drug-likeness (QED) is 0.580. The first-order valence-electron chi connectivity index (χ1n) is 4.72. The molecule has 1 aromatic rings. The second-order valence-electron chi connectivity index (χ2n) is 3.08. The van der Waals surface area contributed by atoms with E-state index in [-0.39, 0.29) is 13.2 Å². The lowest BCUT2D eigenvalue weighted by Gasteiger charge is -2.05. The Balaban J connectivity index is 3.16. The van der Waals surface area contributed by atoms with Crippen molar-refractivity contribution in [1.82, 2.24) is 9.55 Å². The van der Waals surface area contributed by atoms with Crippen molar-refractivity contribution in [3.05, 3.63) is 27.0 Å². The van der Waals surface area contributed by atoms with Crippen LogP contribution in [-0.2, 0) is 20.3 Å². The Morgan fingerprint density at radius 3 is 2.65 bits per heavy atom. The first-order chi connectivity index (χ1) is 7.86. The van der Waals surface area contributed by atoms with E-state index in [0.29, 0.717) is 6.61 Å². The molecule has 0 aliphatic carbocycles. The van der Waals surface area contributed by atoms with Crippen LogP contribution in [0.5, 0.6) is 0 Å². The van der Waals surface area contributed by atoms with E-state index in [0.717, 1.165) is 10.8 Å². The Labute approximate surface area is 101 Å². The molecular formula is C8H11ClN2O5S. The molecule has 0 unspecified atom stereocenters. The van der Waals surface area contributed by atoms with Gasteiger partial charge in [0.25, 0.3) is 14.6 Å². The molecule has 0 saturated heterocycles. The van der Waals surface area contributed by atoms with Gasteiger partial charge in [-0.1, -0.05) is 0 Å². The van der Waals surface area contributed by atoms with E-state index in [1.807, 2.05) is 4.98 Å². The van der Waals surface area contributed by atoms with Crippen molar-refractivity contribution in [1.29, 1.82) is 0 Å². The Bertz CT molecular complexity index is 603. The Hall–Kier alpha value is -1.12. The minimum atomic E-state index is -4.18. The van der Waals surface area contributed by atoms with Crippen molar-refractivity contribution >= 4 is 19.7 Å². The fourth-order valence-corrected chi connectivity index (χ4v) is 1.99. The Morgan fingerprint density at radius 2 is 2.12 bits per heavy atom. The second-order valence-corrected chi connectivity index (χ2v) is 5.62. The van der Waals surface area contributed by atoms with Crippen LogP contribution in [0.25, 0.3) is 0 Å². The molecule has 0 aliphatic rings. The summed E-state index contributed by atoms with van der Waals surface area (Å²) in [5, 5.41) is 0. The lowest BCUT2D eigenvalue weighted by atomic mass is 10.6. The maximum Gasteiger partial charge on any atom is 0.328 e. The predicted octanol–water partition coefficient (Wildman–Crippen LogP) is -0.499. The molecule has 9 heteroatoms. The summed E-state index contributed by atoms with van der Waals surface area (Å²) in [7, 11) is 0.880. The van der Waals surface area contributed by atoms with Gasteiger partial charge < -0.3 is 4.74 Å². The minimum absolute atomic E-state index is 0.128. The molecule has 1 aromatic heterocycles. The van der Waals surface area contributed by atoms with Crippen LogP contribution in [0, 0.1) is 0 Å². The fraction of sp³-hybridized carbons (Fsp3) is 0.500. The minimum Gasteiger partial charge on any atom is -0.380 e. The molecule has 0 bridgehead atoms. The zero-order valence-corrected chi connectivity index (χ0v) is 10.5. The summed E-state index contributed by atoms with van der Waals surface area (Å²) in [5.74, 6) is 0. The van der Waals surface area contributed by atoms with Crippen LogP contribution in [0.15, 0.2) is 20.7 Å². The maximum absolute atomic E-state index is 11.3. The number of nitrogens with zero attached hydrogens (tertiary/aromatic N) is 1. The third-order valence-electron chi connectivity index (χ3n) is 1.92. The fourth-order valence-electron chi connectivity index (χ4n) is 1.14. The highest BCUT2D eigenvalue weighted by molar-refractivity contribution is 8.13. The largest absolute Gasteiger partial charge is 0.380 e. The van der Waals surface area contributed by atoms with Gasteiger partial charge in [-0.05, 0) is 6.92 Å². The van der Waals surface area contributed by atoms with Crippen molar-refractivity contribution < 1.29 is 13.2 Å². The van der Waals surface area contributed by atoms with Crippen LogP contribution < -0.4 is 11.2 Å². The normalized spacial score (nSPS) is 11.6. The summed E-state index contributed by atoms with van der Waals surface area (Å²) in [6, 6.07) is 0. The highest BCUT2D eigenvalue weighted by atomic mass is 35.7. The Kier molecular flexibility index (Phi) is 4.49. The van der Waals surface area contributed by atoms with E-state index in [1.165, 1.54) is 0 Å². The van der Waals surface area contributed by atoms with Gasteiger partial charge in [0.05, 0.1) is 13.2 Å². The van der Waals surface area contributed by atoms with Gasteiger partial charge in [0.1, 0.15) is 0 Å². The van der Waals surface area contributed by atoms with Crippen LogP contribution in [0.1, 0.15) is 6.92 Å². The molecule has 0 amide bonds. The van der Waals surface area contributed by atoms with Crippen molar-refractivity contribution in [2.24, 2.45) is 0 Å². The van der Waals surface area contributed by atoms with E-state index in [4.69, 9.17) is 15.4 Å². The molecule has 1 heterocycles. The number of rotatable bonds is 5. The van der Waals surface area contributed by atoms with Crippen LogP contribution in [0.3, 0.4) is 0 Å². The summed E-state index contributed by atoms with van der Waals surface area (Å²) in [6.07, 6.45) is 0.905. The zero-order valence-electron chi connectivity index (χ0n) is 8.97. The summed E-state index contributed by atoms with van der Waals surface area (Å²) in [4.78, 5) is 23.7. The number of hydrogen-bond acceptors (Lipinski definition) is 5. The molecule has 96 valence electrons. The molecule has 0 spiro atoms. The lowest BCUT2D eigenvalue weighted by molar-refractivity contribution is 0.137. The monoisotopic (exact) mass is 282 g/mol. The number of H-pyrrole nitrogens is 1. The van der Waals surface area contributed by atoms with E-state index in [1.54, 1.807) is 6.92 Å². The number of nitrogens with one attached hydrogen (secondary N) is 1. The van der Waals surface area contributed by atoms with Gasteiger partial charge in [0.15, 0.2) is 4.90 Å². The van der Waals surface area contributed by atoms with E-state index in [2.05, 4.69) is 0 Å². The van der Waals surface area contributed by atoms with Crippen molar-refractivity contribution in [3.63, 3.8) is 0 Å². The number of hydrogen-bond donors (Lipinski definition) is 1. The van der Waals surface area contributed by atoms with E-state index < -0.39 is 25.2 Å². The molecule has 1 rings (SSSR count). The molecule has 7 nitrogen and oxygen atoms in total. The van der Waals surface area contributed by atoms with Gasteiger partial charge >= 0.3 is 5.69 Å². The highest BCUT2D eigenvalue weighted by Gasteiger charge is 2.16. The predicted molar refractivity (Wildman–Crippen MR) is 60.9 cm³/mol. The first-order valence-corrected chi connectivity index (χ1v) is 7.03. The smallest absolute Gasteiger partial charge is 0.328 e. The van der Waals surface area contributed by atoms with Gasteiger partial charge in [0.2, 0.25) is 0 Å². The molecule has 1 N–H and O–H groups in total. The molecule has 0 saturated carbocycles. The average molecular weight is 283 g/mol. The van der Waals surface area contributed by atoms with Crippen LogP contribution in [-0.4, -0.2) is 31.2 Å². The van der Waals surface area contributed by atoms with Crippen molar-refractivity contribution in [2.45, 2.75) is 18.4 Å². The van der Waals surface area contributed by atoms with Crippen molar-refractivity contribution in [2.75, 3.05) is 13.2 Å². The van der Waals surface area contributed by atoms with Gasteiger partial charge in [-0.15, -0.1) is 0 Å². The Morgan fingerprint density at radius 1 is 1.47 bits per heavy atom. The van der Waals surface area contributed by atoms with Gasteiger partial charge in [0, 0.05) is 23.5 Å². The SMILES string of the molecule is CCOCCn1cc(S(=O)(=O)Cl)c(=O)[nH]c1=O. The van der Waals surface area contributed by atoms with Crippen LogP contribution in [0.2, 0.25) is 0 Å². The molecular weight excluding hydrogens is 272 g/mol. The first kappa shape index (κ1) is 13.9. The zero-order chi connectivity index (χ0) is 13.1. The third-order valence-corrected chi connectivity index (χ3v) is 3.24. The average Bonchev–Trinajstić information content (AvgIpc) is 2.19. The highest BCUT2D eigenvalue weighted by Crippen LogP contribution is 2.07. The summed E-state index contributed by atoms with van der Waals surface area (Å²) < 4.78 is 28.1. The molecule has 0 aliphatic heterocycles. The van der Waals surface area contributed by atoms with Crippen LogP contribution >= 0.6 is 10.7 Å². The molecule has 0 radical (unpaired) electrons. The van der Waals surface area contributed by atoms with Gasteiger partial charge in [-0.3, -0.25) is 14.3 Å². The van der Waals surface area contributed by atoms with E-state index in [9.17, 15) is 18.0 Å². The van der Waals surface area contributed by atoms with Gasteiger partial charge in [-0.2, -0.15) is 0 Å². The number of aromatic amines is 1. The van der Waals surface area contributed by atoms with E-state index >= 15 is 0 Å². The second kappa shape index (κ2) is 5.48. The third kappa shape index (κ3) is 3.69. The molecule has 0 fully saturated rings. The topological polar surface area (TPSA) is 98.2 Å². The number of ether oxygens (including phenoxy) is 1. The summed E-state index contributed by atoms with van der Waals surface area (Å²) in [5.41, 5.74) is -1.74. The summed E-state index contributed by atoms with van der Waals surface area (Å²) in [6.45, 7) is 2.61. The maximum atomic E-state index is 11.3. The lowest BCUT2D eigenvalue weighted by Crippen LogP contribution is -2.33. The van der Waals surface area contributed by atoms with Gasteiger partial charge in [-0.25, -0.2) is 13.2 Å². The molecule has 0 atom stereocenters. The number of aromatic nitrogens is 2. The number of halogens is 1. The standard InChI is InChI=1S/C8H11ClN2O5S/c1-2-16-4-3-11-5-6(17(9,14)15)7(12)10-8(11)13/h5H,2-4H2,1H3,(H,10,12,13). The molecule has 0 aromatic carbocycles. The summed E-state index contributed by atoms with van der Waals surface area (Å²) >= 11 is 0.